The molecule has 0 fully saturated rings. The summed E-state index contributed by atoms with van der Waals surface area (Å²) in [6, 6.07) is 3.26. The maximum absolute atomic E-state index is 10.6. The summed E-state index contributed by atoms with van der Waals surface area (Å²) >= 11 is 0. The van der Waals surface area contributed by atoms with Crippen molar-refractivity contribution in [3.63, 3.8) is 0 Å². The standard InChI is InChI=1S/C13H20N2O2/c1-10(2)5-3-4-8-14-12-7-6-11(9-15-12)13(16)17/h6-7,9-10H,3-5,8H2,1-2H3,(H,14,15)(H,16,17). The van der Waals surface area contributed by atoms with Gasteiger partial charge >= 0.3 is 5.97 Å². The zero-order chi connectivity index (χ0) is 12.7. The Morgan fingerprint density at radius 3 is 2.71 bits per heavy atom. The third-order valence-electron chi connectivity index (χ3n) is 2.52. The Kier molecular flexibility index (Phi) is 5.46. The molecule has 1 rings (SSSR count). The molecule has 2 N–H and O–H groups in total. The van der Waals surface area contributed by atoms with Gasteiger partial charge in [0.15, 0.2) is 0 Å². The lowest BCUT2D eigenvalue weighted by Gasteiger charge is -2.06. The largest absolute Gasteiger partial charge is 0.478 e. The first-order valence-electron chi connectivity index (χ1n) is 6.03. The van der Waals surface area contributed by atoms with Crippen molar-refractivity contribution < 1.29 is 9.90 Å². The Morgan fingerprint density at radius 2 is 2.18 bits per heavy atom. The summed E-state index contributed by atoms with van der Waals surface area (Å²) in [6.45, 7) is 5.32. The number of aromatic nitrogens is 1. The fourth-order valence-corrected chi connectivity index (χ4v) is 1.52. The van der Waals surface area contributed by atoms with Crippen LogP contribution in [0.15, 0.2) is 18.3 Å². The summed E-state index contributed by atoms with van der Waals surface area (Å²) in [5.74, 6) is 0.545. The van der Waals surface area contributed by atoms with E-state index in [1.54, 1.807) is 12.1 Å². The highest BCUT2D eigenvalue weighted by Crippen LogP contribution is 2.08. The van der Waals surface area contributed by atoms with Crippen molar-refractivity contribution in [2.75, 3.05) is 11.9 Å². The summed E-state index contributed by atoms with van der Waals surface area (Å²) in [6.07, 6.45) is 4.93. The van der Waals surface area contributed by atoms with Gasteiger partial charge in [-0.3, -0.25) is 0 Å². The van der Waals surface area contributed by atoms with Crippen molar-refractivity contribution >= 4 is 11.8 Å². The average Bonchev–Trinajstić information content (AvgIpc) is 2.29. The van der Waals surface area contributed by atoms with Gasteiger partial charge in [0.05, 0.1) is 5.56 Å². The van der Waals surface area contributed by atoms with Gasteiger partial charge in [0, 0.05) is 12.7 Å². The number of hydrogen-bond acceptors (Lipinski definition) is 3. The highest BCUT2D eigenvalue weighted by Gasteiger charge is 2.02. The number of anilines is 1. The Morgan fingerprint density at radius 1 is 1.41 bits per heavy atom. The van der Waals surface area contributed by atoms with Gasteiger partial charge in [-0.2, -0.15) is 0 Å². The minimum absolute atomic E-state index is 0.218. The number of aromatic carboxylic acids is 1. The molecule has 4 nitrogen and oxygen atoms in total. The van der Waals surface area contributed by atoms with E-state index in [2.05, 4.69) is 24.1 Å². The second kappa shape index (κ2) is 6.89. The molecule has 0 aliphatic heterocycles. The molecular formula is C13H20N2O2. The van der Waals surface area contributed by atoms with Crippen molar-refractivity contribution in [3.05, 3.63) is 23.9 Å². The predicted molar refractivity (Wildman–Crippen MR) is 68.4 cm³/mol. The molecule has 0 saturated heterocycles. The number of carbonyl (C=O) groups is 1. The van der Waals surface area contributed by atoms with Crippen LogP contribution in [0.1, 0.15) is 43.5 Å². The van der Waals surface area contributed by atoms with Crippen LogP contribution in [0.3, 0.4) is 0 Å². The molecule has 1 heterocycles. The smallest absolute Gasteiger partial charge is 0.337 e. The second-order valence-electron chi connectivity index (χ2n) is 4.55. The molecule has 0 aliphatic carbocycles. The Bertz CT molecular complexity index is 347. The van der Waals surface area contributed by atoms with Crippen LogP contribution in [-0.2, 0) is 0 Å². The maximum atomic E-state index is 10.6. The number of pyridine rings is 1. The molecule has 0 spiro atoms. The molecule has 17 heavy (non-hydrogen) atoms. The van der Waals surface area contributed by atoms with Crippen LogP contribution in [-0.4, -0.2) is 22.6 Å². The normalized spacial score (nSPS) is 10.5. The third-order valence-corrected chi connectivity index (χ3v) is 2.52. The van der Waals surface area contributed by atoms with Crippen LogP contribution in [0.5, 0.6) is 0 Å². The van der Waals surface area contributed by atoms with Gasteiger partial charge in [0.1, 0.15) is 5.82 Å². The number of nitrogens with one attached hydrogen (secondary N) is 1. The highest BCUT2D eigenvalue weighted by molar-refractivity contribution is 5.87. The van der Waals surface area contributed by atoms with E-state index in [9.17, 15) is 4.79 Å². The zero-order valence-electron chi connectivity index (χ0n) is 10.4. The molecule has 0 aromatic carbocycles. The number of carboxylic acids is 1. The Balaban J connectivity index is 2.25. The zero-order valence-corrected chi connectivity index (χ0v) is 10.4. The third kappa shape index (κ3) is 5.33. The van der Waals surface area contributed by atoms with E-state index in [0.717, 1.165) is 24.7 Å². The molecule has 0 atom stereocenters. The first-order valence-corrected chi connectivity index (χ1v) is 6.03. The average molecular weight is 236 g/mol. The maximum Gasteiger partial charge on any atom is 0.337 e. The SMILES string of the molecule is CC(C)CCCCNc1ccc(C(=O)O)cn1. The van der Waals surface area contributed by atoms with Crippen molar-refractivity contribution in [3.8, 4) is 0 Å². The van der Waals surface area contributed by atoms with E-state index in [-0.39, 0.29) is 5.56 Å². The second-order valence-corrected chi connectivity index (χ2v) is 4.55. The van der Waals surface area contributed by atoms with Crippen molar-refractivity contribution in [1.29, 1.82) is 0 Å². The molecule has 0 unspecified atom stereocenters. The van der Waals surface area contributed by atoms with Crippen molar-refractivity contribution in [2.24, 2.45) is 5.92 Å². The van der Waals surface area contributed by atoms with Crippen LogP contribution in [0.4, 0.5) is 5.82 Å². The number of carboxylic acid groups (broad SMARTS) is 1. The summed E-state index contributed by atoms with van der Waals surface area (Å²) in [5.41, 5.74) is 0.218. The van der Waals surface area contributed by atoms with E-state index < -0.39 is 5.97 Å². The highest BCUT2D eigenvalue weighted by atomic mass is 16.4. The van der Waals surface area contributed by atoms with Crippen LogP contribution in [0, 0.1) is 5.92 Å². The number of unbranched alkanes of at least 4 members (excludes halogenated alkanes) is 1. The van der Waals surface area contributed by atoms with Crippen molar-refractivity contribution in [1.82, 2.24) is 4.98 Å². The van der Waals surface area contributed by atoms with E-state index in [1.807, 2.05) is 0 Å². The van der Waals surface area contributed by atoms with Gasteiger partial charge in [0.25, 0.3) is 0 Å². The summed E-state index contributed by atoms with van der Waals surface area (Å²) in [5, 5.41) is 11.9. The number of nitrogens with zero attached hydrogens (tertiary/aromatic N) is 1. The lowest BCUT2D eigenvalue weighted by atomic mass is 10.1. The topological polar surface area (TPSA) is 62.2 Å². The van der Waals surface area contributed by atoms with E-state index in [1.165, 1.54) is 19.0 Å². The Hall–Kier alpha value is -1.58. The molecule has 94 valence electrons. The van der Waals surface area contributed by atoms with Crippen LogP contribution in [0.2, 0.25) is 0 Å². The van der Waals surface area contributed by atoms with Gasteiger partial charge in [-0.1, -0.05) is 26.7 Å². The van der Waals surface area contributed by atoms with Crippen LogP contribution < -0.4 is 5.32 Å². The van der Waals surface area contributed by atoms with Gasteiger partial charge in [-0.05, 0) is 24.5 Å². The lowest BCUT2D eigenvalue weighted by Crippen LogP contribution is -2.05. The monoisotopic (exact) mass is 236 g/mol. The van der Waals surface area contributed by atoms with Crippen LogP contribution >= 0.6 is 0 Å². The van der Waals surface area contributed by atoms with Gasteiger partial charge in [-0.15, -0.1) is 0 Å². The van der Waals surface area contributed by atoms with Gasteiger partial charge in [0.2, 0.25) is 0 Å². The number of hydrogen-bond donors (Lipinski definition) is 2. The summed E-state index contributed by atoms with van der Waals surface area (Å²) in [4.78, 5) is 14.7. The predicted octanol–water partition coefficient (Wildman–Crippen LogP) is 3.02. The van der Waals surface area contributed by atoms with E-state index in [0.29, 0.717) is 0 Å². The van der Waals surface area contributed by atoms with Gasteiger partial charge < -0.3 is 10.4 Å². The summed E-state index contributed by atoms with van der Waals surface area (Å²) < 4.78 is 0. The molecule has 4 heteroatoms. The fourth-order valence-electron chi connectivity index (χ4n) is 1.52. The first kappa shape index (κ1) is 13.5. The molecule has 0 radical (unpaired) electrons. The molecule has 1 aromatic rings. The lowest BCUT2D eigenvalue weighted by molar-refractivity contribution is 0.0696. The molecule has 0 amide bonds. The van der Waals surface area contributed by atoms with E-state index >= 15 is 0 Å². The summed E-state index contributed by atoms with van der Waals surface area (Å²) in [7, 11) is 0. The molecule has 0 saturated carbocycles. The minimum Gasteiger partial charge on any atom is -0.478 e. The number of rotatable bonds is 7. The van der Waals surface area contributed by atoms with E-state index in [4.69, 9.17) is 5.11 Å². The van der Waals surface area contributed by atoms with Crippen molar-refractivity contribution in [2.45, 2.75) is 33.1 Å². The van der Waals surface area contributed by atoms with Gasteiger partial charge in [-0.25, -0.2) is 9.78 Å². The van der Waals surface area contributed by atoms with Crippen LogP contribution in [0.25, 0.3) is 0 Å². The fraction of sp³-hybridized carbons (Fsp3) is 0.538. The molecule has 0 aliphatic rings. The molecule has 0 bridgehead atoms. The molecular weight excluding hydrogens is 216 g/mol. The minimum atomic E-state index is -0.944. The molecule has 1 aromatic heterocycles. The Labute approximate surface area is 102 Å². The quantitative estimate of drug-likeness (QED) is 0.714. The first-order chi connectivity index (χ1) is 8.09.